The van der Waals surface area contributed by atoms with E-state index in [1.54, 1.807) is 0 Å². The normalized spacial score (nSPS) is 12.0. The highest BCUT2D eigenvalue weighted by molar-refractivity contribution is 6.32. The number of para-hydroxylation sites is 1. The molecule has 0 saturated heterocycles. The second kappa shape index (κ2) is 6.94. The fourth-order valence-corrected chi connectivity index (χ4v) is 6.12. The molecule has 162 valence electrons. The number of hydrogen-bond donors (Lipinski definition) is 0. The summed E-state index contributed by atoms with van der Waals surface area (Å²) in [5.41, 5.74) is 11.4. The Balaban J connectivity index is 1.71. The van der Waals surface area contributed by atoms with Crippen molar-refractivity contribution in [2.24, 2.45) is 0 Å². The van der Waals surface area contributed by atoms with Crippen LogP contribution in [0.25, 0.3) is 71.6 Å². The lowest BCUT2D eigenvalue weighted by molar-refractivity contribution is 1.18. The lowest BCUT2D eigenvalue weighted by Gasteiger charge is -2.16. The Morgan fingerprint density at radius 3 is 1.71 bits per heavy atom. The maximum atomic E-state index is 2.45. The van der Waals surface area contributed by atoms with Gasteiger partial charge < -0.3 is 4.57 Å². The van der Waals surface area contributed by atoms with Crippen LogP contribution in [0.2, 0.25) is 0 Å². The quantitative estimate of drug-likeness (QED) is 0.251. The van der Waals surface area contributed by atoms with E-state index in [1.165, 1.54) is 71.6 Å². The van der Waals surface area contributed by atoms with Gasteiger partial charge in [0.25, 0.3) is 0 Å². The first-order valence-electron chi connectivity index (χ1n) is 12.1. The molecule has 0 saturated carbocycles. The van der Waals surface area contributed by atoms with Crippen molar-refractivity contribution in [3.8, 4) is 39.1 Å². The Bertz CT molecular complexity index is 1900. The minimum Gasteiger partial charge on any atom is -0.309 e. The topological polar surface area (TPSA) is 4.93 Å². The molecule has 0 fully saturated rings. The fraction of sp³-hybridized carbons (Fsp3) is 0. The molecule has 0 bridgehead atoms. The zero-order valence-corrected chi connectivity index (χ0v) is 19.1. The molecule has 0 N–H and O–H groups in total. The molecule has 1 aliphatic rings. The molecule has 1 aromatic heterocycles. The van der Waals surface area contributed by atoms with E-state index in [-0.39, 0.29) is 0 Å². The molecule has 8 rings (SSSR count). The molecule has 35 heavy (non-hydrogen) atoms. The largest absolute Gasteiger partial charge is 0.309 e. The SMILES string of the molecule is c1ccc(-c2cc3c4c5c(cccc25)-c2ccccc2-c2cccc(c24)n3-c2ccccc2)cc1. The molecule has 7 aromatic rings. The first-order valence-corrected chi connectivity index (χ1v) is 12.1. The van der Waals surface area contributed by atoms with E-state index in [9.17, 15) is 0 Å². The molecule has 1 heteroatoms. The second-order valence-corrected chi connectivity index (χ2v) is 9.33. The molecule has 1 nitrogen and oxygen atoms in total. The number of rotatable bonds is 2. The van der Waals surface area contributed by atoms with Gasteiger partial charge in [-0.3, -0.25) is 0 Å². The first-order chi connectivity index (χ1) is 17.4. The lowest BCUT2D eigenvalue weighted by atomic mass is 9.90. The molecule has 0 spiro atoms. The molecule has 0 aliphatic heterocycles. The Morgan fingerprint density at radius 2 is 0.971 bits per heavy atom. The summed E-state index contributed by atoms with van der Waals surface area (Å²) in [6.45, 7) is 0. The minimum atomic E-state index is 1.19. The maximum absolute atomic E-state index is 2.45. The van der Waals surface area contributed by atoms with Crippen molar-refractivity contribution in [1.82, 2.24) is 4.57 Å². The number of nitrogens with zero attached hydrogens (tertiary/aromatic N) is 1. The van der Waals surface area contributed by atoms with Crippen molar-refractivity contribution in [1.29, 1.82) is 0 Å². The van der Waals surface area contributed by atoms with Crippen LogP contribution in [-0.4, -0.2) is 4.57 Å². The summed E-state index contributed by atoms with van der Waals surface area (Å²) in [6.07, 6.45) is 0. The predicted octanol–water partition coefficient (Wildman–Crippen LogP) is 9.25. The molecular formula is C34H21N. The number of hydrogen-bond acceptors (Lipinski definition) is 0. The Morgan fingerprint density at radius 1 is 0.371 bits per heavy atom. The Kier molecular flexibility index (Phi) is 3.72. The Hall–Kier alpha value is -4.62. The summed E-state index contributed by atoms with van der Waals surface area (Å²) in [4.78, 5) is 0. The van der Waals surface area contributed by atoms with Crippen molar-refractivity contribution >= 4 is 32.6 Å². The van der Waals surface area contributed by atoms with Gasteiger partial charge in [0.05, 0.1) is 11.0 Å². The molecule has 0 atom stereocenters. The minimum absolute atomic E-state index is 1.19. The average Bonchev–Trinajstić information content (AvgIpc) is 3.21. The molecule has 0 radical (unpaired) electrons. The lowest BCUT2D eigenvalue weighted by Crippen LogP contribution is -1.95. The van der Waals surface area contributed by atoms with Gasteiger partial charge in [0.15, 0.2) is 0 Å². The highest BCUT2D eigenvalue weighted by Gasteiger charge is 2.25. The second-order valence-electron chi connectivity index (χ2n) is 9.33. The van der Waals surface area contributed by atoms with Gasteiger partial charge >= 0.3 is 0 Å². The van der Waals surface area contributed by atoms with E-state index in [1.807, 2.05) is 0 Å². The molecule has 1 heterocycles. The van der Waals surface area contributed by atoms with Crippen LogP contribution < -0.4 is 0 Å². The van der Waals surface area contributed by atoms with Gasteiger partial charge in [-0.2, -0.15) is 0 Å². The fourth-order valence-electron chi connectivity index (χ4n) is 6.12. The molecule has 1 aliphatic carbocycles. The third-order valence-corrected chi connectivity index (χ3v) is 7.52. The van der Waals surface area contributed by atoms with Crippen LogP contribution in [0.4, 0.5) is 0 Å². The van der Waals surface area contributed by atoms with Crippen LogP contribution in [0.3, 0.4) is 0 Å². The average molecular weight is 444 g/mol. The third-order valence-electron chi connectivity index (χ3n) is 7.52. The highest BCUT2D eigenvalue weighted by atomic mass is 15.0. The van der Waals surface area contributed by atoms with Crippen molar-refractivity contribution in [2.45, 2.75) is 0 Å². The summed E-state index contributed by atoms with van der Waals surface area (Å²) >= 11 is 0. The van der Waals surface area contributed by atoms with Crippen LogP contribution in [0.1, 0.15) is 0 Å². The smallest absolute Gasteiger partial charge is 0.0554 e. The van der Waals surface area contributed by atoms with Gasteiger partial charge in [-0.25, -0.2) is 0 Å². The number of fused-ring (bicyclic) bond motifs is 3. The highest BCUT2D eigenvalue weighted by Crippen LogP contribution is 2.51. The van der Waals surface area contributed by atoms with Gasteiger partial charge in [-0.15, -0.1) is 0 Å². The Labute approximate surface area is 203 Å². The molecule has 0 amide bonds. The first kappa shape index (κ1) is 18.8. The standard InChI is InChI=1S/C34H21N/c1-3-11-22(12-4-1)29-21-31-34-32-26(17-9-18-28(29)32)24-15-7-8-16-25(24)27-19-10-20-30(33(27)34)35(31)23-13-5-2-6-14-23/h1-21H. The summed E-state index contributed by atoms with van der Waals surface area (Å²) in [6, 6.07) is 46.4. The van der Waals surface area contributed by atoms with E-state index in [0.29, 0.717) is 0 Å². The maximum Gasteiger partial charge on any atom is 0.0554 e. The van der Waals surface area contributed by atoms with Crippen LogP contribution in [-0.2, 0) is 0 Å². The van der Waals surface area contributed by atoms with Gasteiger partial charge in [0.2, 0.25) is 0 Å². The van der Waals surface area contributed by atoms with Crippen LogP contribution in [0.5, 0.6) is 0 Å². The molecule has 0 unspecified atom stereocenters. The van der Waals surface area contributed by atoms with E-state index in [4.69, 9.17) is 0 Å². The molecular weight excluding hydrogens is 422 g/mol. The number of benzene rings is 6. The summed E-state index contributed by atoms with van der Waals surface area (Å²) < 4.78 is 2.45. The van der Waals surface area contributed by atoms with Gasteiger partial charge in [0.1, 0.15) is 0 Å². The van der Waals surface area contributed by atoms with Crippen molar-refractivity contribution < 1.29 is 0 Å². The van der Waals surface area contributed by atoms with E-state index in [0.717, 1.165) is 0 Å². The van der Waals surface area contributed by atoms with Crippen molar-refractivity contribution in [2.75, 3.05) is 0 Å². The monoisotopic (exact) mass is 443 g/mol. The predicted molar refractivity (Wildman–Crippen MR) is 148 cm³/mol. The van der Waals surface area contributed by atoms with Crippen molar-refractivity contribution in [3.63, 3.8) is 0 Å². The van der Waals surface area contributed by atoms with Crippen LogP contribution in [0, 0.1) is 0 Å². The third kappa shape index (κ3) is 2.47. The molecule has 6 aromatic carbocycles. The van der Waals surface area contributed by atoms with E-state index in [2.05, 4.69) is 132 Å². The zero-order chi connectivity index (χ0) is 22.9. The van der Waals surface area contributed by atoms with E-state index >= 15 is 0 Å². The van der Waals surface area contributed by atoms with Gasteiger partial charge in [-0.05, 0) is 63.0 Å². The van der Waals surface area contributed by atoms with Gasteiger partial charge in [-0.1, -0.05) is 103 Å². The zero-order valence-electron chi connectivity index (χ0n) is 19.1. The summed E-state index contributed by atoms with van der Waals surface area (Å²) in [5, 5.41) is 5.34. The summed E-state index contributed by atoms with van der Waals surface area (Å²) in [5.74, 6) is 0. The van der Waals surface area contributed by atoms with Crippen LogP contribution >= 0.6 is 0 Å². The van der Waals surface area contributed by atoms with Gasteiger partial charge in [0, 0.05) is 21.8 Å². The van der Waals surface area contributed by atoms with E-state index < -0.39 is 0 Å². The summed E-state index contributed by atoms with van der Waals surface area (Å²) in [7, 11) is 0. The van der Waals surface area contributed by atoms with Crippen LogP contribution in [0.15, 0.2) is 127 Å². The number of aromatic nitrogens is 1. The van der Waals surface area contributed by atoms with Crippen molar-refractivity contribution in [3.05, 3.63) is 127 Å².